The third-order valence-electron chi connectivity index (χ3n) is 2.13. The molecule has 90 valence electrons. The highest BCUT2D eigenvalue weighted by Gasteiger charge is 2.57. The number of carbonyl (C=O) groups is 2. The maximum Gasteiger partial charge on any atom is 0.408 e. The zero-order valence-corrected chi connectivity index (χ0v) is 9.92. The predicted molar refractivity (Wildman–Crippen MR) is 57.9 cm³/mol. The van der Waals surface area contributed by atoms with Crippen molar-refractivity contribution in [1.82, 2.24) is 5.32 Å². The average molecular weight is 229 g/mol. The summed E-state index contributed by atoms with van der Waals surface area (Å²) in [6.07, 6.45) is -0.401. The van der Waals surface area contributed by atoms with Gasteiger partial charge in [-0.25, -0.2) is 9.59 Å². The highest BCUT2D eigenvalue weighted by atomic mass is 16.6. The number of amides is 1. The first-order valence-corrected chi connectivity index (χ1v) is 4.92. The molecular formula is C11H17NO4. The van der Waals surface area contributed by atoms with E-state index < -0.39 is 23.2 Å². The van der Waals surface area contributed by atoms with Crippen LogP contribution in [0.4, 0.5) is 4.79 Å². The molecule has 1 atom stereocenters. The summed E-state index contributed by atoms with van der Waals surface area (Å²) in [5.41, 5.74) is -1.32. The lowest BCUT2D eigenvalue weighted by Gasteiger charge is -2.22. The zero-order chi connectivity index (χ0) is 13.3. The molecule has 1 aliphatic carbocycles. The molecule has 0 aliphatic heterocycles. The van der Waals surface area contributed by atoms with Gasteiger partial charge in [0.2, 0.25) is 0 Å². The summed E-state index contributed by atoms with van der Waals surface area (Å²) in [5.74, 6) is -0.582. The van der Waals surface area contributed by atoms with Crippen LogP contribution in [0.25, 0.3) is 0 Å². The fourth-order valence-electron chi connectivity index (χ4n) is 1.27. The van der Waals surface area contributed by atoms with Crippen LogP contribution in [0.2, 0.25) is 0 Å². The molecule has 0 aromatic heterocycles. The molecule has 0 aromatic carbocycles. The molecule has 1 N–H and O–H groups in total. The van der Waals surface area contributed by atoms with Gasteiger partial charge in [-0.15, -0.1) is 0 Å². The third-order valence-corrected chi connectivity index (χ3v) is 2.13. The normalized spacial score (nSPS) is 27.0. The molecule has 16 heavy (non-hydrogen) atoms. The van der Waals surface area contributed by atoms with E-state index in [4.69, 9.17) is 6.11 Å². The van der Waals surface area contributed by atoms with Crippen LogP contribution < -0.4 is 5.32 Å². The Labute approximate surface area is 96.2 Å². The lowest BCUT2D eigenvalue weighted by atomic mass is 10.2. The number of hydrogen-bond acceptors (Lipinski definition) is 4. The average Bonchev–Trinajstić information content (AvgIpc) is 2.88. The van der Waals surface area contributed by atoms with Crippen LogP contribution in [-0.4, -0.2) is 30.3 Å². The van der Waals surface area contributed by atoms with Crippen LogP contribution in [0.1, 0.15) is 28.6 Å². The van der Waals surface area contributed by atoms with Gasteiger partial charge in [-0.05, 0) is 26.3 Å². The fraction of sp³-hybridized carbons (Fsp3) is 0.636. The maximum absolute atomic E-state index is 11.6. The SMILES string of the molecule is [3H]C=C1CC1(NC(=O)OC(C)(C)C)C(=O)OC. The summed E-state index contributed by atoms with van der Waals surface area (Å²) in [6, 6.07) is 0. The topological polar surface area (TPSA) is 64.6 Å². The van der Waals surface area contributed by atoms with Gasteiger partial charge in [-0.1, -0.05) is 6.55 Å². The highest BCUT2D eigenvalue weighted by molar-refractivity contribution is 5.94. The molecule has 1 rings (SSSR count). The molecule has 0 saturated heterocycles. The second-order valence-electron chi connectivity index (χ2n) is 4.73. The predicted octanol–water partition coefficient (Wildman–Crippen LogP) is 1.38. The van der Waals surface area contributed by atoms with E-state index in [0.29, 0.717) is 12.0 Å². The third kappa shape index (κ3) is 2.53. The highest BCUT2D eigenvalue weighted by Crippen LogP contribution is 2.42. The van der Waals surface area contributed by atoms with Crippen LogP contribution in [0, 0.1) is 0 Å². The smallest absolute Gasteiger partial charge is 0.408 e. The first-order chi connectivity index (χ1) is 7.75. The van der Waals surface area contributed by atoms with Crippen molar-refractivity contribution in [3.8, 4) is 0 Å². The van der Waals surface area contributed by atoms with Crippen molar-refractivity contribution in [1.29, 1.82) is 0 Å². The minimum absolute atomic E-state index is 0.294. The summed E-state index contributed by atoms with van der Waals surface area (Å²) in [6.45, 7) is 6.23. The molecule has 5 nitrogen and oxygen atoms in total. The monoisotopic (exact) mass is 229 g/mol. The van der Waals surface area contributed by atoms with Crippen LogP contribution in [0.15, 0.2) is 12.1 Å². The Morgan fingerprint density at radius 1 is 1.56 bits per heavy atom. The zero-order valence-electron chi connectivity index (χ0n) is 10.9. The molecule has 0 bridgehead atoms. The molecular weight excluding hydrogens is 210 g/mol. The standard InChI is InChI=1S/C11H17NO4/c1-7-6-11(7,8(13)15-5)12-9(14)16-10(2,3)4/h1,6H2,2-5H3,(H,12,14)/i1T. The van der Waals surface area contributed by atoms with Crippen molar-refractivity contribution in [2.75, 3.05) is 7.11 Å². The van der Waals surface area contributed by atoms with Gasteiger partial charge in [-0.3, -0.25) is 0 Å². The molecule has 1 fully saturated rings. The van der Waals surface area contributed by atoms with Crippen LogP contribution in [-0.2, 0) is 14.3 Å². The molecule has 1 saturated carbocycles. The van der Waals surface area contributed by atoms with E-state index in [1.54, 1.807) is 20.8 Å². The summed E-state index contributed by atoms with van der Waals surface area (Å²) in [5, 5.41) is 2.45. The summed E-state index contributed by atoms with van der Waals surface area (Å²) in [4.78, 5) is 23.1. The molecule has 0 aromatic rings. The minimum atomic E-state index is -1.20. The number of nitrogens with one attached hydrogen (secondary N) is 1. The molecule has 0 spiro atoms. The van der Waals surface area contributed by atoms with Crippen LogP contribution in [0.5, 0.6) is 0 Å². The van der Waals surface area contributed by atoms with Crippen molar-refractivity contribution in [3.63, 3.8) is 0 Å². The Morgan fingerprint density at radius 3 is 2.56 bits per heavy atom. The van der Waals surface area contributed by atoms with E-state index in [0.717, 1.165) is 6.55 Å². The summed E-state index contributed by atoms with van der Waals surface area (Å²) < 4.78 is 16.8. The Balaban J connectivity index is 2.72. The Morgan fingerprint density at radius 2 is 2.19 bits per heavy atom. The summed E-state index contributed by atoms with van der Waals surface area (Å²) in [7, 11) is 1.24. The first-order valence-electron chi connectivity index (χ1n) is 5.50. The maximum atomic E-state index is 11.6. The van der Waals surface area contributed by atoms with Crippen molar-refractivity contribution in [2.45, 2.75) is 38.3 Å². The molecule has 1 aliphatic rings. The molecule has 5 heteroatoms. The minimum Gasteiger partial charge on any atom is -0.467 e. The Kier molecular flexibility index (Phi) is 2.61. The van der Waals surface area contributed by atoms with Gasteiger partial charge in [0.15, 0.2) is 5.54 Å². The van der Waals surface area contributed by atoms with E-state index in [1.807, 2.05) is 0 Å². The number of alkyl carbamates (subject to hydrolysis) is 1. The van der Waals surface area contributed by atoms with Crippen LogP contribution in [0.3, 0.4) is 0 Å². The number of methoxy groups -OCH3 is 1. The van der Waals surface area contributed by atoms with Gasteiger partial charge < -0.3 is 14.8 Å². The van der Waals surface area contributed by atoms with Gasteiger partial charge in [0.25, 0.3) is 0 Å². The van der Waals surface area contributed by atoms with Crippen molar-refractivity contribution >= 4 is 12.1 Å². The lowest BCUT2D eigenvalue weighted by molar-refractivity contribution is -0.143. The second kappa shape index (κ2) is 3.81. The number of carbonyl (C=O) groups excluding carboxylic acids is 2. The van der Waals surface area contributed by atoms with Gasteiger partial charge in [0.1, 0.15) is 5.60 Å². The molecule has 0 heterocycles. The second-order valence-corrected chi connectivity index (χ2v) is 4.73. The largest absolute Gasteiger partial charge is 0.467 e. The van der Waals surface area contributed by atoms with E-state index in [2.05, 4.69) is 10.1 Å². The Bertz CT molecular complexity index is 372. The summed E-state index contributed by atoms with van der Waals surface area (Å²) >= 11 is 0. The first kappa shape index (κ1) is 11.0. The van der Waals surface area contributed by atoms with E-state index >= 15 is 0 Å². The van der Waals surface area contributed by atoms with Gasteiger partial charge in [-0.2, -0.15) is 0 Å². The molecule has 0 radical (unpaired) electrons. The number of esters is 1. The van der Waals surface area contributed by atoms with Crippen molar-refractivity contribution < 1.29 is 20.4 Å². The number of rotatable bonds is 2. The van der Waals surface area contributed by atoms with Crippen LogP contribution >= 0.6 is 0 Å². The van der Waals surface area contributed by atoms with Crippen molar-refractivity contribution in [2.24, 2.45) is 0 Å². The molecule has 1 amide bonds. The van der Waals surface area contributed by atoms with E-state index in [9.17, 15) is 9.59 Å². The Hall–Kier alpha value is -1.52. The van der Waals surface area contributed by atoms with Gasteiger partial charge >= 0.3 is 12.1 Å². The van der Waals surface area contributed by atoms with Crippen molar-refractivity contribution in [3.05, 3.63) is 12.1 Å². The van der Waals surface area contributed by atoms with E-state index in [1.165, 1.54) is 7.11 Å². The van der Waals surface area contributed by atoms with Gasteiger partial charge in [0, 0.05) is 6.42 Å². The lowest BCUT2D eigenvalue weighted by Crippen LogP contribution is -2.46. The number of hydrogen-bond donors (Lipinski definition) is 1. The van der Waals surface area contributed by atoms with E-state index in [-0.39, 0.29) is 0 Å². The van der Waals surface area contributed by atoms with Gasteiger partial charge in [0.05, 0.1) is 8.48 Å². The fourth-order valence-corrected chi connectivity index (χ4v) is 1.27. The number of ether oxygens (including phenoxy) is 2. The quantitative estimate of drug-likeness (QED) is 0.574. The molecule has 1 unspecified atom stereocenters.